The number of nitrogens with zero attached hydrogens (tertiary/aromatic N) is 3. The lowest BCUT2D eigenvalue weighted by atomic mass is 9.91. The summed E-state index contributed by atoms with van der Waals surface area (Å²) in [6, 6.07) is 21.3. The topological polar surface area (TPSA) is 108 Å². The Balaban J connectivity index is 1.56. The number of anilines is 1. The number of phenols is 1. The third kappa shape index (κ3) is 4.46. The van der Waals surface area contributed by atoms with E-state index in [1.54, 1.807) is 16.9 Å². The van der Waals surface area contributed by atoms with Gasteiger partial charge in [-0.05, 0) is 47.9 Å². The fraction of sp³-hybridized carbons (Fsp3) is 0.148. The largest absolute Gasteiger partial charge is 0.508 e. The van der Waals surface area contributed by atoms with E-state index in [1.165, 1.54) is 0 Å². The molecule has 2 heterocycles. The van der Waals surface area contributed by atoms with E-state index >= 15 is 0 Å². The molecule has 0 fully saturated rings. The molecular formula is C27H26N6O2. The van der Waals surface area contributed by atoms with Crippen molar-refractivity contribution >= 4 is 23.0 Å². The summed E-state index contributed by atoms with van der Waals surface area (Å²) in [5, 5.41) is 20.7. The first-order valence-corrected chi connectivity index (χ1v) is 11.5. The van der Waals surface area contributed by atoms with Crippen LogP contribution in [-0.4, -0.2) is 37.4 Å². The van der Waals surface area contributed by atoms with Crippen molar-refractivity contribution < 1.29 is 9.90 Å². The van der Waals surface area contributed by atoms with Gasteiger partial charge in [0.2, 0.25) is 5.95 Å². The molecule has 5 rings (SSSR count). The fourth-order valence-corrected chi connectivity index (χ4v) is 4.23. The predicted octanol–water partition coefficient (Wildman–Crippen LogP) is 5.41. The van der Waals surface area contributed by atoms with E-state index in [9.17, 15) is 9.90 Å². The van der Waals surface area contributed by atoms with Crippen LogP contribution in [0.25, 0.3) is 27.8 Å². The molecule has 8 heteroatoms. The quantitative estimate of drug-likeness (QED) is 0.268. The molecule has 3 aromatic carbocycles. The molecule has 1 atom stereocenters. The summed E-state index contributed by atoms with van der Waals surface area (Å²) in [5.74, 6) is 0.636. The molecule has 0 spiro atoms. The monoisotopic (exact) mass is 466 g/mol. The number of aromatic nitrogens is 4. The Morgan fingerprint density at radius 2 is 1.91 bits per heavy atom. The number of aromatic amines is 1. The maximum absolute atomic E-state index is 12.0. The van der Waals surface area contributed by atoms with Crippen molar-refractivity contribution in [3.05, 3.63) is 90.3 Å². The molecule has 0 bridgehead atoms. The van der Waals surface area contributed by atoms with Crippen LogP contribution in [0, 0.1) is 0 Å². The van der Waals surface area contributed by atoms with Gasteiger partial charge in [-0.3, -0.25) is 5.32 Å². The molecule has 176 valence electrons. The van der Waals surface area contributed by atoms with Gasteiger partial charge in [0.1, 0.15) is 11.3 Å². The van der Waals surface area contributed by atoms with Crippen LogP contribution in [0.15, 0.2) is 79.1 Å². The standard InChI is InChI=1S/C27H26N6O2/c1-3-28-27(35)32-26-30-22-14-20(15-23(25(22)31-26)33-13-7-12-29-33)19-10-11-21(24(34)16-19)17(2)18-8-5-4-6-9-18/h4-17,34H,3H2,1-2H3,(H3,28,30,31,32,35). The molecule has 2 amide bonds. The number of benzene rings is 3. The normalized spacial score (nSPS) is 11.9. The van der Waals surface area contributed by atoms with Crippen LogP contribution >= 0.6 is 0 Å². The number of nitrogens with one attached hydrogen (secondary N) is 3. The second-order valence-electron chi connectivity index (χ2n) is 8.32. The number of hydrogen-bond acceptors (Lipinski definition) is 4. The smallest absolute Gasteiger partial charge is 0.321 e. The highest BCUT2D eigenvalue weighted by molar-refractivity contribution is 5.94. The molecule has 0 aliphatic heterocycles. The number of urea groups is 1. The third-order valence-electron chi connectivity index (χ3n) is 6.02. The summed E-state index contributed by atoms with van der Waals surface area (Å²) in [5.41, 5.74) is 5.90. The van der Waals surface area contributed by atoms with Crippen LogP contribution < -0.4 is 10.6 Å². The lowest BCUT2D eigenvalue weighted by Crippen LogP contribution is -2.28. The molecule has 4 N–H and O–H groups in total. The molecule has 2 aromatic heterocycles. The SMILES string of the molecule is CCNC(=O)Nc1nc2c(-n3cccn3)cc(-c3ccc(C(C)c4ccccc4)c(O)c3)cc2[nH]1. The Morgan fingerprint density at radius 1 is 1.09 bits per heavy atom. The number of rotatable bonds is 6. The summed E-state index contributed by atoms with van der Waals surface area (Å²) in [6.07, 6.45) is 3.54. The van der Waals surface area contributed by atoms with Gasteiger partial charge in [0.05, 0.1) is 11.2 Å². The molecule has 0 saturated carbocycles. The molecule has 0 aliphatic rings. The summed E-state index contributed by atoms with van der Waals surface area (Å²) in [6.45, 7) is 4.44. The maximum atomic E-state index is 12.0. The van der Waals surface area contributed by atoms with Crippen molar-refractivity contribution in [2.75, 3.05) is 11.9 Å². The van der Waals surface area contributed by atoms with Gasteiger partial charge < -0.3 is 15.4 Å². The van der Waals surface area contributed by atoms with E-state index in [1.807, 2.05) is 61.7 Å². The number of phenolic OH excluding ortho intramolecular Hbond substituents is 1. The van der Waals surface area contributed by atoms with Gasteiger partial charge in [-0.15, -0.1) is 0 Å². The van der Waals surface area contributed by atoms with E-state index in [2.05, 4.69) is 44.8 Å². The zero-order valence-corrected chi connectivity index (χ0v) is 19.5. The highest BCUT2D eigenvalue weighted by atomic mass is 16.3. The number of imidazole rings is 1. The first-order chi connectivity index (χ1) is 17.0. The highest BCUT2D eigenvalue weighted by Gasteiger charge is 2.17. The molecule has 35 heavy (non-hydrogen) atoms. The summed E-state index contributed by atoms with van der Waals surface area (Å²) < 4.78 is 1.73. The zero-order chi connectivity index (χ0) is 24.4. The van der Waals surface area contributed by atoms with Crippen molar-refractivity contribution in [2.24, 2.45) is 0 Å². The van der Waals surface area contributed by atoms with Crippen molar-refractivity contribution in [2.45, 2.75) is 19.8 Å². The Kier molecular flexibility index (Phi) is 5.93. The highest BCUT2D eigenvalue weighted by Crippen LogP contribution is 2.36. The van der Waals surface area contributed by atoms with Gasteiger partial charge in [0, 0.05) is 30.4 Å². The number of aromatic hydroxyl groups is 1. The lowest BCUT2D eigenvalue weighted by Gasteiger charge is -2.15. The molecule has 5 aromatic rings. The Hall–Kier alpha value is -4.59. The Morgan fingerprint density at radius 3 is 2.63 bits per heavy atom. The Bertz CT molecular complexity index is 1470. The van der Waals surface area contributed by atoms with Gasteiger partial charge in [-0.25, -0.2) is 14.5 Å². The second-order valence-corrected chi connectivity index (χ2v) is 8.32. The molecule has 1 unspecified atom stereocenters. The van der Waals surface area contributed by atoms with E-state index < -0.39 is 0 Å². The van der Waals surface area contributed by atoms with Gasteiger partial charge in [-0.1, -0.05) is 49.4 Å². The summed E-state index contributed by atoms with van der Waals surface area (Å²) >= 11 is 0. The van der Waals surface area contributed by atoms with E-state index in [0.717, 1.165) is 33.5 Å². The first kappa shape index (κ1) is 22.2. The lowest BCUT2D eigenvalue weighted by molar-refractivity contribution is 0.252. The van der Waals surface area contributed by atoms with Crippen molar-refractivity contribution in [1.82, 2.24) is 25.1 Å². The number of hydrogen-bond donors (Lipinski definition) is 4. The van der Waals surface area contributed by atoms with Crippen molar-refractivity contribution in [3.63, 3.8) is 0 Å². The third-order valence-corrected chi connectivity index (χ3v) is 6.02. The Labute approximate surface area is 202 Å². The van der Waals surface area contributed by atoms with Gasteiger partial charge in [0.15, 0.2) is 0 Å². The van der Waals surface area contributed by atoms with Crippen LogP contribution in [0.3, 0.4) is 0 Å². The number of carbonyl (C=O) groups excluding carboxylic acids is 1. The van der Waals surface area contributed by atoms with E-state index in [-0.39, 0.29) is 17.7 Å². The van der Waals surface area contributed by atoms with Gasteiger partial charge in [-0.2, -0.15) is 5.10 Å². The average molecular weight is 467 g/mol. The maximum Gasteiger partial charge on any atom is 0.321 e. The number of H-pyrrole nitrogens is 1. The van der Waals surface area contributed by atoms with Crippen LogP contribution in [0.2, 0.25) is 0 Å². The molecule has 8 nitrogen and oxygen atoms in total. The summed E-state index contributed by atoms with van der Waals surface area (Å²) in [4.78, 5) is 19.7. The van der Waals surface area contributed by atoms with Gasteiger partial charge >= 0.3 is 6.03 Å². The molecular weight excluding hydrogens is 440 g/mol. The minimum Gasteiger partial charge on any atom is -0.508 e. The van der Waals surface area contributed by atoms with E-state index in [0.29, 0.717) is 18.0 Å². The number of amides is 2. The molecule has 0 aliphatic carbocycles. The van der Waals surface area contributed by atoms with Crippen molar-refractivity contribution in [3.8, 4) is 22.6 Å². The fourth-order valence-electron chi connectivity index (χ4n) is 4.23. The summed E-state index contributed by atoms with van der Waals surface area (Å²) in [7, 11) is 0. The minimum absolute atomic E-state index is 0.0582. The first-order valence-electron chi connectivity index (χ1n) is 11.5. The van der Waals surface area contributed by atoms with Gasteiger partial charge in [0.25, 0.3) is 0 Å². The number of carbonyl (C=O) groups is 1. The molecule has 0 radical (unpaired) electrons. The van der Waals surface area contributed by atoms with Crippen LogP contribution in [0.5, 0.6) is 5.75 Å². The zero-order valence-electron chi connectivity index (χ0n) is 19.5. The average Bonchev–Trinajstić information content (AvgIpc) is 3.53. The second kappa shape index (κ2) is 9.34. The van der Waals surface area contributed by atoms with Crippen molar-refractivity contribution in [1.29, 1.82) is 0 Å². The minimum atomic E-state index is -0.333. The van der Waals surface area contributed by atoms with E-state index in [4.69, 9.17) is 0 Å². The van der Waals surface area contributed by atoms with Crippen LogP contribution in [-0.2, 0) is 0 Å². The van der Waals surface area contributed by atoms with Crippen LogP contribution in [0.1, 0.15) is 30.9 Å². The van der Waals surface area contributed by atoms with Crippen LogP contribution in [0.4, 0.5) is 10.7 Å². The molecule has 0 saturated heterocycles. The number of fused-ring (bicyclic) bond motifs is 1. The predicted molar refractivity (Wildman–Crippen MR) is 137 cm³/mol.